The number of carbonyl (C=O) groups is 1. The van der Waals surface area contributed by atoms with Gasteiger partial charge in [-0.2, -0.15) is 0 Å². The van der Waals surface area contributed by atoms with E-state index in [4.69, 9.17) is 0 Å². The molecule has 0 saturated heterocycles. The zero-order valence-corrected chi connectivity index (χ0v) is 13.9. The van der Waals surface area contributed by atoms with Crippen molar-refractivity contribution in [1.29, 1.82) is 0 Å². The molecule has 0 bridgehead atoms. The highest BCUT2D eigenvalue weighted by Crippen LogP contribution is 2.29. The number of anilines is 1. The van der Waals surface area contributed by atoms with Crippen LogP contribution >= 0.6 is 0 Å². The summed E-state index contributed by atoms with van der Waals surface area (Å²) in [5.74, 6) is -0.0879. The number of rotatable bonds is 6. The average molecular weight is 304 g/mol. The Labute approximate surface area is 133 Å². The van der Waals surface area contributed by atoms with E-state index in [1.54, 1.807) is 0 Å². The van der Waals surface area contributed by atoms with Crippen LogP contribution in [0.3, 0.4) is 0 Å². The van der Waals surface area contributed by atoms with Crippen LogP contribution in [0.2, 0.25) is 0 Å². The third kappa shape index (κ3) is 3.61. The van der Waals surface area contributed by atoms with Gasteiger partial charge in [0.05, 0.1) is 12.1 Å². The van der Waals surface area contributed by atoms with Gasteiger partial charge in [-0.3, -0.25) is 4.79 Å². The molecule has 1 aromatic carbocycles. The Morgan fingerprint density at radius 1 is 1.27 bits per heavy atom. The molecule has 4 nitrogen and oxygen atoms in total. The van der Waals surface area contributed by atoms with Gasteiger partial charge in [-0.15, -0.1) is 0 Å². The van der Waals surface area contributed by atoms with Gasteiger partial charge in [-0.25, -0.2) is 0 Å². The molecule has 1 aliphatic rings. The van der Waals surface area contributed by atoms with Crippen molar-refractivity contribution in [3.8, 4) is 0 Å². The summed E-state index contributed by atoms with van der Waals surface area (Å²) in [4.78, 5) is 14.7. The number of aliphatic hydroxyl groups is 1. The predicted molar refractivity (Wildman–Crippen MR) is 90.3 cm³/mol. The lowest BCUT2D eigenvalue weighted by Gasteiger charge is -2.29. The van der Waals surface area contributed by atoms with Crippen LogP contribution in [-0.2, 0) is 0 Å². The summed E-state index contributed by atoms with van der Waals surface area (Å²) in [7, 11) is 0. The molecule has 0 heterocycles. The monoisotopic (exact) mass is 304 g/mol. The summed E-state index contributed by atoms with van der Waals surface area (Å²) in [6.07, 6.45) is 3.87. The molecule has 1 saturated carbocycles. The van der Waals surface area contributed by atoms with Crippen molar-refractivity contribution in [3.63, 3.8) is 0 Å². The van der Waals surface area contributed by atoms with Gasteiger partial charge in [-0.05, 0) is 57.9 Å². The first kappa shape index (κ1) is 16.8. The summed E-state index contributed by atoms with van der Waals surface area (Å²) in [5.41, 5.74) is 1.37. The second-order valence-corrected chi connectivity index (χ2v) is 6.53. The van der Waals surface area contributed by atoms with E-state index in [-0.39, 0.29) is 12.5 Å². The largest absolute Gasteiger partial charge is 0.394 e. The van der Waals surface area contributed by atoms with Gasteiger partial charge in [0.2, 0.25) is 0 Å². The molecular weight excluding hydrogens is 276 g/mol. The zero-order valence-electron chi connectivity index (χ0n) is 13.9. The van der Waals surface area contributed by atoms with Crippen molar-refractivity contribution in [1.82, 2.24) is 5.32 Å². The van der Waals surface area contributed by atoms with Crippen molar-refractivity contribution in [3.05, 3.63) is 29.8 Å². The fraction of sp³-hybridized carbons (Fsp3) is 0.611. The molecule has 2 rings (SSSR count). The van der Waals surface area contributed by atoms with Crippen LogP contribution < -0.4 is 10.2 Å². The Morgan fingerprint density at radius 3 is 2.32 bits per heavy atom. The highest BCUT2D eigenvalue weighted by Gasteiger charge is 2.34. The minimum absolute atomic E-state index is 0.0216. The molecule has 22 heavy (non-hydrogen) atoms. The van der Waals surface area contributed by atoms with Crippen LogP contribution in [-0.4, -0.2) is 35.7 Å². The normalized spacial score (nSPS) is 16.8. The van der Waals surface area contributed by atoms with Crippen molar-refractivity contribution in [2.75, 3.05) is 18.1 Å². The molecule has 0 radical (unpaired) electrons. The maximum absolute atomic E-state index is 12.4. The second kappa shape index (κ2) is 7.14. The zero-order chi connectivity index (χ0) is 16.2. The Morgan fingerprint density at radius 2 is 1.86 bits per heavy atom. The predicted octanol–water partition coefficient (Wildman–Crippen LogP) is 2.96. The van der Waals surface area contributed by atoms with Crippen LogP contribution in [0.25, 0.3) is 0 Å². The van der Waals surface area contributed by atoms with Gasteiger partial charge in [-0.1, -0.05) is 12.8 Å². The van der Waals surface area contributed by atoms with Crippen molar-refractivity contribution in [2.24, 2.45) is 0 Å². The van der Waals surface area contributed by atoms with E-state index in [2.05, 4.69) is 31.0 Å². The number of hydrogen-bond donors (Lipinski definition) is 2. The molecule has 122 valence electrons. The molecule has 0 unspecified atom stereocenters. The Hall–Kier alpha value is -1.55. The lowest BCUT2D eigenvalue weighted by molar-refractivity contribution is 0.0838. The van der Waals surface area contributed by atoms with Crippen LogP contribution in [0.4, 0.5) is 5.69 Å². The van der Waals surface area contributed by atoms with Crippen LogP contribution in [0.15, 0.2) is 24.3 Å². The summed E-state index contributed by atoms with van der Waals surface area (Å²) in [6, 6.07) is 8.17. The third-order valence-corrected chi connectivity index (χ3v) is 4.67. The summed E-state index contributed by atoms with van der Waals surface area (Å²) in [5, 5.41) is 12.6. The Kier molecular flexibility index (Phi) is 5.46. The third-order valence-electron chi connectivity index (χ3n) is 4.67. The van der Waals surface area contributed by atoms with Crippen LogP contribution in [0.5, 0.6) is 0 Å². The van der Waals surface area contributed by atoms with Crippen LogP contribution in [0.1, 0.15) is 56.8 Å². The first-order valence-electron chi connectivity index (χ1n) is 8.31. The number of hydrogen-bond acceptors (Lipinski definition) is 3. The highest BCUT2D eigenvalue weighted by atomic mass is 16.3. The lowest BCUT2D eigenvalue weighted by Crippen LogP contribution is -2.49. The standard InChI is InChI=1S/C18H28N2O2/c1-4-20(14(2)3)16-9-7-15(8-10-16)17(22)19-18(13-21)11-5-6-12-18/h7-10,14,21H,4-6,11-13H2,1-3H3,(H,19,22). The van der Waals surface area contributed by atoms with Gasteiger partial charge in [0, 0.05) is 23.8 Å². The Balaban J connectivity index is 2.08. The fourth-order valence-electron chi connectivity index (χ4n) is 3.34. The van der Waals surface area contributed by atoms with Crippen molar-refractivity contribution in [2.45, 2.75) is 58.0 Å². The number of benzene rings is 1. The van der Waals surface area contributed by atoms with Crippen LogP contribution in [0, 0.1) is 0 Å². The minimum atomic E-state index is -0.414. The van der Waals surface area contributed by atoms with Gasteiger partial charge < -0.3 is 15.3 Å². The number of amides is 1. The van der Waals surface area contributed by atoms with Gasteiger partial charge >= 0.3 is 0 Å². The smallest absolute Gasteiger partial charge is 0.251 e. The van der Waals surface area contributed by atoms with Gasteiger partial charge in [0.15, 0.2) is 0 Å². The average Bonchev–Trinajstić information content (AvgIpc) is 2.97. The maximum atomic E-state index is 12.4. The number of aliphatic hydroxyl groups excluding tert-OH is 1. The molecule has 0 atom stereocenters. The molecule has 1 aromatic rings. The highest BCUT2D eigenvalue weighted by molar-refractivity contribution is 5.95. The SMILES string of the molecule is CCN(c1ccc(C(=O)NC2(CO)CCCC2)cc1)C(C)C. The molecule has 1 amide bonds. The molecular formula is C18H28N2O2. The van der Waals surface area contributed by atoms with E-state index in [0.29, 0.717) is 11.6 Å². The molecule has 0 aliphatic heterocycles. The van der Waals surface area contributed by atoms with Crippen molar-refractivity contribution < 1.29 is 9.90 Å². The number of nitrogens with zero attached hydrogens (tertiary/aromatic N) is 1. The first-order valence-corrected chi connectivity index (χ1v) is 8.31. The Bertz CT molecular complexity index is 490. The van der Waals surface area contributed by atoms with E-state index in [1.807, 2.05) is 24.3 Å². The molecule has 1 fully saturated rings. The molecule has 4 heteroatoms. The maximum Gasteiger partial charge on any atom is 0.251 e. The van der Waals surface area contributed by atoms with E-state index in [1.165, 1.54) is 0 Å². The van der Waals surface area contributed by atoms with Gasteiger partial charge in [0.1, 0.15) is 0 Å². The number of carbonyl (C=O) groups excluding carboxylic acids is 1. The van der Waals surface area contributed by atoms with Crippen molar-refractivity contribution >= 4 is 11.6 Å². The molecule has 1 aliphatic carbocycles. The van der Waals surface area contributed by atoms with Gasteiger partial charge in [0.25, 0.3) is 5.91 Å². The van der Waals surface area contributed by atoms with E-state index in [9.17, 15) is 9.90 Å². The quantitative estimate of drug-likeness (QED) is 0.849. The molecule has 2 N–H and O–H groups in total. The summed E-state index contributed by atoms with van der Waals surface area (Å²) < 4.78 is 0. The fourth-order valence-corrected chi connectivity index (χ4v) is 3.34. The van der Waals surface area contributed by atoms with E-state index < -0.39 is 5.54 Å². The topological polar surface area (TPSA) is 52.6 Å². The summed E-state index contributed by atoms with van der Waals surface area (Å²) >= 11 is 0. The second-order valence-electron chi connectivity index (χ2n) is 6.53. The summed E-state index contributed by atoms with van der Waals surface area (Å²) in [6.45, 7) is 7.42. The molecule has 0 spiro atoms. The van der Waals surface area contributed by atoms with E-state index in [0.717, 1.165) is 37.9 Å². The first-order chi connectivity index (χ1) is 10.5. The van der Waals surface area contributed by atoms with E-state index >= 15 is 0 Å². The minimum Gasteiger partial charge on any atom is -0.394 e. The molecule has 0 aromatic heterocycles. The lowest BCUT2D eigenvalue weighted by atomic mass is 9.98. The number of nitrogens with one attached hydrogen (secondary N) is 1.